The number of hydrogen-bond acceptors (Lipinski definition) is 4. The minimum Gasteiger partial charge on any atom is -0.493 e. The normalized spacial score (nSPS) is 14.7. The van der Waals surface area contributed by atoms with Crippen LogP contribution < -0.4 is 14.5 Å². The number of hydrazone groups is 1. The van der Waals surface area contributed by atoms with Crippen molar-refractivity contribution in [2.24, 2.45) is 5.10 Å². The second-order valence-corrected chi connectivity index (χ2v) is 7.46. The van der Waals surface area contributed by atoms with Crippen LogP contribution in [0, 0.1) is 0 Å². The molecule has 6 heteroatoms. The highest BCUT2D eigenvalue weighted by Gasteiger charge is 2.28. The maximum atomic E-state index is 12.9. The second kappa shape index (κ2) is 9.06. The Morgan fingerprint density at radius 2 is 1.74 bits per heavy atom. The number of carbonyl (C=O) groups excluding carboxylic acids is 1. The number of halogens is 1. The van der Waals surface area contributed by atoms with Crippen LogP contribution in [0.25, 0.3) is 6.08 Å². The van der Waals surface area contributed by atoms with Crippen molar-refractivity contribution < 1.29 is 14.3 Å². The Hall–Kier alpha value is -3.57. The van der Waals surface area contributed by atoms with Crippen LogP contribution in [0.15, 0.2) is 83.5 Å². The minimum absolute atomic E-state index is 0.191. The average Bonchev–Trinajstić information content (AvgIpc) is 3.07. The summed E-state index contributed by atoms with van der Waals surface area (Å²) in [5.74, 6) is 1.04. The Morgan fingerprint density at radius 3 is 2.45 bits per heavy atom. The lowest BCUT2D eigenvalue weighted by atomic mass is 10.1. The molecule has 3 aromatic carbocycles. The van der Waals surface area contributed by atoms with E-state index < -0.39 is 0 Å². The van der Waals surface area contributed by atoms with Crippen molar-refractivity contribution in [2.45, 2.75) is 13.5 Å². The predicted octanol–water partition coefficient (Wildman–Crippen LogP) is 5.73. The zero-order valence-electron chi connectivity index (χ0n) is 17.2. The number of hydrogen-bond donors (Lipinski definition) is 0. The van der Waals surface area contributed by atoms with Crippen molar-refractivity contribution in [3.05, 3.63) is 94.5 Å². The molecule has 0 saturated carbocycles. The number of methoxy groups -OCH3 is 1. The molecule has 0 fully saturated rings. The lowest BCUT2D eigenvalue weighted by molar-refractivity contribution is -0.114. The first-order chi connectivity index (χ1) is 15.0. The number of rotatable bonds is 6. The fourth-order valence-corrected chi connectivity index (χ4v) is 3.36. The number of benzene rings is 3. The lowest BCUT2D eigenvalue weighted by Crippen LogP contribution is -2.21. The summed E-state index contributed by atoms with van der Waals surface area (Å²) >= 11 is 5.95. The van der Waals surface area contributed by atoms with Crippen molar-refractivity contribution >= 4 is 35.0 Å². The van der Waals surface area contributed by atoms with Gasteiger partial charge in [-0.3, -0.25) is 4.79 Å². The maximum absolute atomic E-state index is 12.9. The molecule has 0 N–H and O–H groups in total. The van der Waals surface area contributed by atoms with Gasteiger partial charge in [-0.05, 0) is 60.5 Å². The Labute approximate surface area is 186 Å². The second-order valence-electron chi connectivity index (χ2n) is 7.02. The van der Waals surface area contributed by atoms with E-state index in [-0.39, 0.29) is 5.91 Å². The molecule has 0 saturated heterocycles. The standard InChI is InChI=1S/C25H21ClN2O3/c1-17-22(25(29)28(27-17)21-11-9-20(26)10-12-21)14-19-8-13-23(24(15-19)30-2)31-16-18-6-4-3-5-7-18/h3-15H,16H2,1-2H3/b22-14+. The average molecular weight is 433 g/mol. The molecule has 156 valence electrons. The molecule has 0 atom stereocenters. The van der Waals surface area contributed by atoms with Gasteiger partial charge < -0.3 is 9.47 Å². The van der Waals surface area contributed by atoms with Crippen LogP contribution in [0.4, 0.5) is 5.69 Å². The first kappa shape index (κ1) is 20.7. The Morgan fingerprint density at radius 1 is 1.00 bits per heavy atom. The Kier molecular flexibility index (Phi) is 6.05. The van der Waals surface area contributed by atoms with E-state index in [1.807, 2.05) is 55.5 Å². The van der Waals surface area contributed by atoms with E-state index in [1.54, 1.807) is 37.5 Å². The van der Waals surface area contributed by atoms with Crippen molar-refractivity contribution in [3.63, 3.8) is 0 Å². The highest BCUT2D eigenvalue weighted by molar-refractivity contribution is 6.32. The van der Waals surface area contributed by atoms with E-state index >= 15 is 0 Å². The summed E-state index contributed by atoms with van der Waals surface area (Å²) in [4.78, 5) is 12.9. The van der Waals surface area contributed by atoms with E-state index in [9.17, 15) is 4.79 Å². The van der Waals surface area contributed by atoms with Gasteiger partial charge >= 0.3 is 0 Å². The topological polar surface area (TPSA) is 51.1 Å². The molecular formula is C25H21ClN2O3. The number of carbonyl (C=O) groups is 1. The molecular weight excluding hydrogens is 412 g/mol. The molecule has 0 radical (unpaired) electrons. The van der Waals surface area contributed by atoms with Gasteiger partial charge in [0.25, 0.3) is 5.91 Å². The molecule has 0 bridgehead atoms. The van der Waals surface area contributed by atoms with Crippen molar-refractivity contribution in [3.8, 4) is 11.5 Å². The third-order valence-electron chi connectivity index (χ3n) is 4.87. The summed E-state index contributed by atoms with van der Waals surface area (Å²) in [7, 11) is 1.59. The molecule has 1 heterocycles. The Balaban J connectivity index is 1.54. The fraction of sp³-hybridized carbons (Fsp3) is 0.120. The van der Waals surface area contributed by atoms with Gasteiger partial charge in [-0.2, -0.15) is 10.1 Å². The molecule has 5 nitrogen and oxygen atoms in total. The van der Waals surface area contributed by atoms with Gasteiger partial charge in [0.2, 0.25) is 0 Å². The first-order valence-electron chi connectivity index (χ1n) is 9.77. The molecule has 31 heavy (non-hydrogen) atoms. The molecule has 1 aliphatic rings. The van der Waals surface area contributed by atoms with Gasteiger partial charge in [0.05, 0.1) is 24.1 Å². The smallest absolute Gasteiger partial charge is 0.280 e. The van der Waals surface area contributed by atoms with Gasteiger partial charge in [0.15, 0.2) is 11.5 Å². The van der Waals surface area contributed by atoms with Gasteiger partial charge in [-0.25, -0.2) is 0 Å². The highest BCUT2D eigenvalue weighted by atomic mass is 35.5. The molecule has 0 aromatic heterocycles. The largest absolute Gasteiger partial charge is 0.493 e. The van der Waals surface area contributed by atoms with E-state index in [2.05, 4.69) is 5.10 Å². The number of ether oxygens (including phenoxy) is 2. The minimum atomic E-state index is -0.191. The monoisotopic (exact) mass is 432 g/mol. The summed E-state index contributed by atoms with van der Waals surface area (Å²) in [6, 6.07) is 22.5. The van der Waals surface area contributed by atoms with Crippen LogP contribution in [-0.4, -0.2) is 18.7 Å². The fourth-order valence-electron chi connectivity index (χ4n) is 3.24. The third-order valence-corrected chi connectivity index (χ3v) is 5.12. The third kappa shape index (κ3) is 4.62. The van der Waals surface area contributed by atoms with Gasteiger partial charge in [-0.1, -0.05) is 48.0 Å². The quantitative estimate of drug-likeness (QED) is 0.467. The molecule has 0 spiro atoms. The van der Waals surface area contributed by atoms with E-state index in [0.29, 0.717) is 40.1 Å². The number of amides is 1. The SMILES string of the molecule is COc1cc(/C=C2/C(=O)N(c3ccc(Cl)cc3)N=C2C)ccc1OCc1ccccc1. The summed E-state index contributed by atoms with van der Waals surface area (Å²) < 4.78 is 11.4. The highest BCUT2D eigenvalue weighted by Crippen LogP contribution is 2.31. The molecule has 1 aliphatic heterocycles. The van der Waals surface area contributed by atoms with Crippen molar-refractivity contribution in [2.75, 3.05) is 12.1 Å². The van der Waals surface area contributed by atoms with Crippen molar-refractivity contribution in [1.29, 1.82) is 0 Å². The van der Waals surface area contributed by atoms with Gasteiger partial charge in [0.1, 0.15) is 6.61 Å². The predicted molar refractivity (Wildman–Crippen MR) is 124 cm³/mol. The summed E-state index contributed by atoms with van der Waals surface area (Å²) in [6.07, 6.45) is 1.81. The zero-order chi connectivity index (χ0) is 21.8. The van der Waals surface area contributed by atoms with E-state index in [1.165, 1.54) is 5.01 Å². The first-order valence-corrected chi connectivity index (χ1v) is 10.1. The lowest BCUT2D eigenvalue weighted by Gasteiger charge is -2.12. The molecule has 3 aromatic rings. The number of anilines is 1. The van der Waals surface area contributed by atoms with Crippen LogP contribution in [0.1, 0.15) is 18.1 Å². The summed E-state index contributed by atoms with van der Waals surface area (Å²) in [5.41, 5.74) is 3.72. The molecule has 0 unspecified atom stereocenters. The van der Waals surface area contributed by atoms with Crippen molar-refractivity contribution in [1.82, 2.24) is 0 Å². The van der Waals surface area contributed by atoms with Crippen LogP contribution in [0.5, 0.6) is 11.5 Å². The van der Waals surface area contributed by atoms with E-state index in [4.69, 9.17) is 21.1 Å². The van der Waals surface area contributed by atoms with Crippen LogP contribution in [0.3, 0.4) is 0 Å². The molecule has 1 amide bonds. The summed E-state index contributed by atoms with van der Waals surface area (Å²) in [6.45, 7) is 2.26. The van der Waals surface area contributed by atoms with Crippen LogP contribution >= 0.6 is 11.6 Å². The van der Waals surface area contributed by atoms with Gasteiger partial charge in [-0.15, -0.1) is 0 Å². The van der Waals surface area contributed by atoms with Crippen LogP contribution in [-0.2, 0) is 11.4 Å². The Bertz CT molecular complexity index is 1160. The summed E-state index contributed by atoms with van der Waals surface area (Å²) in [5, 5.41) is 6.39. The van der Waals surface area contributed by atoms with E-state index in [0.717, 1.165) is 11.1 Å². The molecule has 4 rings (SSSR count). The number of nitrogens with zero attached hydrogens (tertiary/aromatic N) is 2. The zero-order valence-corrected chi connectivity index (χ0v) is 18.0. The van der Waals surface area contributed by atoms with Gasteiger partial charge in [0, 0.05) is 5.02 Å². The molecule has 0 aliphatic carbocycles. The van der Waals surface area contributed by atoms with Crippen LogP contribution in [0.2, 0.25) is 5.02 Å². The maximum Gasteiger partial charge on any atom is 0.280 e.